The number of fused-ring (bicyclic) bond motifs is 1. The molecule has 0 radical (unpaired) electrons. The molecule has 1 amide bonds. The van der Waals surface area contributed by atoms with Crippen LogP contribution >= 0.6 is 11.6 Å². The van der Waals surface area contributed by atoms with Gasteiger partial charge in [-0.15, -0.1) is 0 Å². The SMILES string of the molecule is CC(C)C(NC(=O)CCc1ncc(-c2ccc(Cl)cc2)o1)c1nc2ccccc2[nH]1. The molecule has 0 aliphatic carbocycles. The molecule has 0 saturated carbocycles. The molecule has 4 rings (SSSR count). The van der Waals surface area contributed by atoms with Gasteiger partial charge in [0, 0.05) is 23.4 Å². The van der Waals surface area contributed by atoms with E-state index in [0.717, 1.165) is 22.4 Å². The number of H-pyrrole nitrogens is 1. The maximum Gasteiger partial charge on any atom is 0.221 e. The van der Waals surface area contributed by atoms with E-state index in [4.69, 9.17) is 16.0 Å². The fraction of sp³-hybridized carbons (Fsp3) is 0.261. The van der Waals surface area contributed by atoms with Gasteiger partial charge in [0.1, 0.15) is 5.82 Å². The van der Waals surface area contributed by atoms with Crippen molar-refractivity contribution in [1.82, 2.24) is 20.3 Å². The molecule has 1 atom stereocenters. The molecule has 30 heavy (non-hydrogen) atoms. The van der Waals surface area contributed by atoms with Crippen molar-refractivity contribution in [2.45, 2.75) is 32.7 Å². The van der Waals surface area contributed by atoms with Crippen LogP contribution in [0.3, 0.4) is 0 Å². The zero-order valence-electron chi connectivity index (χ0n) is 16.9. The minimum absolute atomic E-state index is 0.0691. The third-order valence-electron chi connectivity index (χ3n) is 4.93. The summed E-state index contributed by atoms with van der Waals surface area (Å²) < 4.78 is 5.78. The van der Waals surface area contributed by atoms with Crippen LogP contribution in [-0.2, 0) is 11.2 Å². The van der Waals surface area contributed by atoms with Gasteiger partial charge in [-0.25, -0.2) is 9.97 Å². The minimum atomic E-state index is -0.195. The van der Waals surface area contributed by atoms with Crippen LogP contribution in [-0.4, -0.2) is 20.9 Å². The predicted molar refractivity (Wildman–Crippen MR) is 117 cm³/mol. The van der Waals surface area contributed by atoms with Gasteiger partial charge in [0.15, 0.2) is 11.7 Å². The lowest BCUT2D eigenvalue weighted by Gasteiger charge is -2.20. The number of nitrogens with one attached hydrogen (secondary N) is 2. The number of imidazole rings is 1. The van der Waals surface area contributed by atoms with E-state index < -0.39 is 0 Å². The van der Waals surface area contributed by atoms with Gasteiger partial charge in [-0.1, -0.05) is 37.6 Å². The third-order valence-corrected chi connectivity index (χ3v) is 5.19. The van der Waals surface area contributed by atoms with Crippen molar-refractivity contribution in [3.8, 4) is 11.3 Å². The molecule has 0 spiro atoms. The quantitative estimate of drug-likeness (QED) is 0.422. The number of para-hydroxylation sites is 2. The first kappa shape index (κ1) is 20.2. The summed E-state index contributed by atoms with van der Waals surface area (Å²) >= 11 is 5.92. The number of halogens is 1. The van der Waals surface area contributed by atoms with Crippen LogP contribution in [0.2, 0.25) is 5.02 Å². The van der Waals surface area contributed by atoms with E-state index in [2.05, 4.69) is 34.1 Å². The van der Waals surface area contributed by atoms with E-state index in [1.54, 1.807) is 18.3 Å². The number of rotatable bonds is 7. The molecule has 0 saturated heterocycles. The fourth-order valence-electron chi connectivity index (χ4n) is 3.31. The maximum atomic E-state index is 12.6. The predicted octanol–water partition coefficient (Wildman–Crippen LogP) is 5.32. The highest BCUT2D eigenvalue weighted by Crippen LogP contribution is 2.24. The highest BCUT2D eigenvalue weighted by molar-refractivity contribution is 6.30. The highest BCUT2D eigenvalue weighted by Gasteiger charge is 2.22. The molecule has 154 valence electrons. The van der Waals surface area contributed by atoms with Crippen LogP contribution in [0.4, 0.5) is 0 Å². The third kappa shape index (κ3) is 4.54. The Morgan fingerprint density at radius 2 is 1.93 bits per heavy atom. The summed E-state index contributed by atoms with van der Waals surface area (Å²) in [5.74, 6) is 2.07. The number of nitrogens with zero attached hydrogens (tertiary/aromatic N) is 2. The number of benzene rings is 2. The zero-order chi connectivity index (χ0) is 21.1. The molecule has 0 aliphatic rings. The molecule has 4 aromatic rings. The number of aromatic nitrogens is 3. The molecule has 2 heterocycles. The molecule has 2 aromatic heterocycles. The van der Waals surface area contributed by atoms with Crippen molar-refractivity contribution >= 4 is 28.5 Å². The summed E-state index contributed by atoms with van der Waals surface area (Å²) in [4.78, 5) is 24.8. The lowest BCUT2D eigenvalue weighted by atomic mass is 10.0. The minimum Gasteiger partial charge on any atom is -0.441 e. The lowest BCUT2D eigenvalue weighted by Crippen LogP contribution is -2.32. The molecule has 1 unspecified atom stereocenters. The van der Waals surface area contributed by atoms with E-state index >= 15 is 0 Å². The van der Waals surface area contributed by atoms with Crippen molar-refractivity contribution in [2.75, 3.05) is 0 Å². The van der Waals surface area contributed by atoms with Crippen molar-refractivity contribution in [1.29, 1.82) is 0 Å². The fourth-order valence-corrected chi connectivity index (χ4v) is 3.44. The van der Waals surface area contributed by atoms with Gasteiger partial charge in [0.25, 0.3) is 0 Å². The van der Waals surface area contributed by atoms with Crippen molar-refractivity contribution in [3.05, 3.63) is 71.5 Å². The Hall–Kier alpha value is -3.12. The van der Waals surface area contributed by atoms with Gasteiger partial charge in [0.05, 0.1) is 23.3 Å². The topological polar surface area (TPSA) is 83.8 Å². The van der Waals surface area contributed by atoms with E-state index in [-0.39, 0.29) is 24.3 Å². The Labute approximate surface area is 179 Å². The van der Waals surface area contributed by atoms with E-state index in [0.29, 0.717) is 23.1 Å². The number of aryl methyl sites for hydroxylation is 1. The molecule has 0 fully saturated rings. The van der Waals surface area contributed by atoms with E-state index in [1.165, 1.54) is 0 Å². The smallest absolute Gasteiger partial charge is 0.221 e. The molecular weight excluding hydrogens is 400 g/mol. The van der Waals surface area contributed by atoms with Crippen LogP contribution in [0.15, 0.2) is 59.1 Å². The average molecular weight is 423 g/mol. The average Bonchev–Trinajstić information content (AvgIpc) is 3.37. The van der Waals surface area contributed by atoms with Gasteiger partial charge in [-0.05, 0) is 42.3 Å². The second kappa shape index (κ2) is 8.71. The van der Waals surface area contributed by atoms with Gasteiger partial charge < -0.3 is 14.7 Å². The number of aromatic amines is 1. The molecule has 2 N–H and O–H groups in total. The van der Waals surface area contributed by atoms with Crippen molar-refractivity contribution in [3.63, 3.8) is 0 Å². The van der Waals surface area contributed by atoms with Crippen molar-refractivity contribution in [2.24, 2.45) is 5.92 Å². The summed E-state index contributed by atoms with van der Waals surface area (Å²) in [7, 11) is 0. The van der Waals surface area contributed by atoms with Gasteiger partial charge in [-0.3, -0.25) is 4.79 Å². The number of amides is 1. The van der Waals surface area contributed by atoms with Crippen molar-refractivity contribution < 1.29 is 9.21 Å². The molecule has 0 bridgehead atoms. The molecule has 6 nitrogen and oxygen atoms in total. The normalized spacial score (nSPS) is 12.4. The van der Waals surface area contributed by atoms with Gasteiger partial charge in [-0.2, -0.15) is 0 Å². The monoisotopic (exact) mass is 422 g/mol. The Balaban J connectivity index is 1.39. The van der Waals surface area contributed by atoms with Crippen LogP contribution < -0.4 is 5.32 Å². The number of carbonyl (C=O) groups is 1. The molecule has 2 aromatic carbocycles. The second-order valence-electron chi connectivity index (χ2n) is 7.55. The Bertz CT molecular complexity index is 1110. The second-order valence-corrected chi connectivity index (χ2v) is 7.99. The number of carbonyl (C=O) groups excluding carboxylic acids is 1. The first-order chi connectivity index (χ1) is 14.5. The summed E-state index contributed by atoms with van der Waals surface area (Å²) in [6, 6.07) is 15.0. The Kier molecular flexibility index (Phi) is 5.86. The van der Waals surface area contributed by atoms with Crippen LogP contribution in [0.1, 0.15) is 38.0 Å². The lowest BCUT2D eigenvalue weighted by molar-refractivity contribution is -0.122. The molecule has 0 aliphatic heterocycles. The summed E-state index contributed by atoms with van der Waals surface area (Å²) in [6.07, 6.45) is 2.37. The Morgan fingerprint density at radius 3 is 2.67 bits per heavy atom. The van der Waals surface area contributed by atoms with Crippen LogP contribution in [0.25, 0.3) is 22.4 Å². The molecular formula is C23H23ClN4O2. The summed E-state index contributed by atoms with van der Waals surface area (Å²) in [5.41, 5.74) is 2.75. The number of oxazole rings is 1. The largest absolute Gasteiger partial charge is 0.441 e. The van der Waals surface area contributed by atoms with Crippen LogP contribution in [0, 0.1) is 5.92 Å². The first-order valence-electron chi connectivity index (χ1n) is 9.94. The van der Waals surface area contributed by atoms with Gasteiger partial charge >= 0.3 is 0 Å². The Morgan fingerprint density at radius 1 is 1.17 bits per heavy atom. The maximum absolute atomic E-state index is 12.6. The highest BCUT2D eigenvalue weighted by atomic mass is 35.5. The van der Waals surface area contributed by atoms with E-state index in [1.807, 2.05) is 36.4 Å². The number of hydrogen-bond acceptors (Lipinski definition) is 4. The summed E-state index contributed by atoms with van der Waals surface area (Å²) in [5, 5.41) is 3.76. The standard InChI is InChI=1S/C23H23ClN4O2/c1-14(2)22(23-26-17-5-3-4-6-18(17)27-23)28-20(29)11-12-21-25-13-19(30-21)15-7-9-16(24)10-8-15/h3-10,13-14,22H,11-12H2,1-2H3,(H,26,27)(H,28,29). The molecule has 7 heteroatoms. The van der Waals surface area contributed by atoms with Gasteiger partial charge in [0.2, 0.25) is 5.91 Å². The van der Waals surface area contributed by atoms with E-state index in [9.17, 15) is 4.79 Å². The van der Waals surface area contributed by atoms with Crippen LogP contribution in [0.5, 0.6) is 0 Å². The zero-order valence-corrected chi connectivity index (χ0v) is 17.6. The first-order valence-corrected chi connectivity index (χ1v) is 10.3. The number of hydrogen-bond donors (Lipinski definition) is 2. The summed E-state index contributed by atoms with van der Waals surface area (Å²) in [6.45, 7) is 4.12.